The SMILES string of the molecule is CCN1CN([C@H]2CC[C@H](CN=[N+]=[N-])CC2)c2c(cnc3c2ccn3COCC[Si](C)(C)C)C1=O. The lowest BCUT2D eigenvalue weighted by molar-refractivity contribution is 0.0741. The fraction of sp³-hybridized carbons (Fsp3) is 0.667. The molecule has 1 amide bonds. The summed E-state index contributed by atoms with van der Waals surface area (Å²) in [5.41, 5.74) is 11.2. The van der Waals surface area contributed by atoms with Crippen molar-refractivity contribution in [2.45, 2.75) is 71.1 Å². The molecule has 0 atom stereocenters. The van der Waals surface area contributed by atoms with Gasteiger partial charge in [-0.25, -0.2) is 4.98 Å². The van der Waals surface area contributed by atoms with Gasteiger partial charge in [-0.1, -0.05) is 24.8 Å². The Morgan fingerprint density at radius 1 is 1.26 bits per heavy atom. The number of ether oxygens (including phenoxy) is 1. The molecule has 1 aliphatic heterocycles. The van der Waals surface area contributed by atoms with Gasteiger partial charge >= 0.3 is 0 Å². The molecule has 2 aromatic rings. The first-order chi connectivity index (χ1) is 16.3. The molecule has 0 aromatic carbocycles. The highest BCUT2D eigenvalue weighted by Gasteiger charge is 2.36. The van der Waals surface area contributed by atoms with E-state index in [1.807, 2.05) is 22.6 Å². The average Bonchev–Trinajstić information content (AvgIpc) is 3.24. The van der Waals surface area contributed by atoms with E-state index in [0.29, 0.717) is 44.0 Å². The topological polar surface area (TPSA) is 99.4 Å². The number of anilines is 1. The number of hydrogen-bond acceptors (Lipinski definition) is 5. The van der Waals surface area contributed by atoms with Crippen LogP contribution in [0.25, 0.3) is 21.5 Å². The number of fused-ring (bicyclic) bond motifs is 3. The standard InChI is InChI=1S/C24H37N7O2Si/c1-5-29-16-31(19-8-6-18(7-9-19)14-27-28-25)22-20-10-11-30(17-33-12-13-34(2,3)4)23(20)26-15-21(22)24(29)32/h10-11,15,18-19H,5-9,12-14,16-17H2,1-4H3/t18-,19-. The molecule has 0 bridgehead atoms. The number of pyridine rings is 1. The first-order valence-electron chi connectivity index (χ1n) is 12.4. The molecule has 4 rings (SSSR count). The first kappa shape index (κ1) is 24.6. The summed E-state index contributed by atoms with van der Waals surface area (Å²) in [6, 6.07) is 3.56. The maximum Gasteiger partial charge on any atom is 0.258 e. The Hall–Kier alpha value is -2.55. The second-order valence-electron chi connectivity index (χ2n) is 10.8. The van der Waals surface area contributed by atoms with Gasteiger partial charge in [-0.3, -0.25) is 4.79 Å². The lowest BCUT2D eigenvalue weighted by Gasteiger charge is -2.44. The number of nitrogens with zero attached hydrogens (tertiary/aromatic N) is 7. The second kappa shape index (κ2) is 10.4. The Morgan fingerprint density at radius 3 is 2.71 bits per heavy atom. The maximum atomic E-state index is 13.2. The Kier molecular flexibility index (Phi) is 7.50. The van der Waals surface area contributed by atoms with E-state index in [-0.39, 0.29) is 5.91 Å². The number of hydrogen-bond donors (Lipinski definition) is 0. The molecule has 0 unspecified atom stereocenters. The van der Waals surface area contributed by atoms with Gasteiger partial charge in [0.15, 0.2) is 0 Å². The molecule has 2 aromatic heterocycles. The summed E-state index contributed by atoms with van der Waals surface area (Å²) >= 11 is 0. The third-order valence-electron chi connectivity index (χ3n) is 7.16. The lowest BCUT2D eigenvalue weighted by atomic mass is 9.85. The van der Waals surface area contributed by atoms with Crippen LogP contribution in [0.3, 0.4) is 0 Å². The van der Waals surface area contributed by atoms with Crippen LogP contribution in [0.4, 0.5) is 5.69 Å². The summed E-state index contributed by atoms with van der Waals surface area (Å²) in [5, 5.41) is 4.81. The van der Waals surface area contributed by atoms with Gasteiger partial charge in [0.1, 0.15) is 12.4 Å². The summed E-state index contributed by atoms with van der Waals surface area (Å²) in [6.45, 7) is 12.2. The molecule has 1 fully saturated rings. The van der Waals surface area contributed by atoms with Crippen LogP contribution in [-0.2, 0) is 11.5 Å². The normalized spacial score (nSPS) is 21.0. The van der Waals surface area contributed by atoms with Crippen molar-refractivity contribution in [3.05, 3.63) is 34.5 Å². The smallest absolute Gasteiger partial charge is 0.258 e. The lowest BCUT2D eigenvalue weighted by Crippen LogP contribution is -2.51. The molecule has 0 spiro atoms. The van der Waals surface area contributed by atoms with Crippen LogP contribution in [0, 0.1) is 5.92 Å². The Bertz CT molecular complexity index is 1070. The number of rotatable bonds is 9. The molecule has 0 radical (unpaired) electrons. The molecule has 0 N–H and O–H groups in total. The van der Waals surface area contributed by atoms with Gasteiger partial charge in [0.05, 0.1) is 17.9 Å². The molecule has 1 saturated carbocycles. The van der Waals surface area contributed by atoms with E-state index in [1.54, 1.807) is 6.20 Å². The molecule has 9 nitrogen and oxygen atoms in total. The monoisotopic (exact) mass is 483 g/mol. The van der Waals surface area contributed by atoms with E-state index in [1.165, 1.54) is 0 Å². The number of azide groups is 1. The van der Waals surface area contributed by atoms with Crippen molar-refractivity contribution in [1.82, 2.24) is 14.5 Å². The molecule has 1 aliphatic carbocycles. The Balaban J connectivity index is 1.59. The molecular weight excluding hydrogens is 446 g/mol. The van der Waals surface area contributed by atoms with Gasteiger partial charge in [0.25, 0.3) is 5.91 Å². The quantitative estimate of drug-likeness (QED) is 0.155. The van der Waals surface area contributed by atoms with E-state index in [9.17, 15) is 4.79 Å². The largest absolute Gasteiger partial charge is 0.361 e. The first-order valence-corrected chi connectivity index (χ1v) is 16.2. The second-order valence-corrected chi connectivity index (χ2v) is 16.4. The van der Waals surface area contributed by atoms with E-state index < -0.39 is 8.07 Å². The summed E-state index contributed by atoms with van der Waals surface area (Å²) in [7, 11) is -1.13. The minimum absolute atomic E-state index is 0.0549. The van der Waals surface area contributed by atoms with Crippen molar-refractivity contribution in [2.24, 2.45) is 11.0 Å². The predicted molar refractivity (Wildman–Crippen MR) is 138 cm³/mol. The molecule has 0 saturated heterocycles. The van der Waals surface area contributed by atoms with Crippen molar-refractivity contribution in [3.8, 4) is 0 Å². The highest BCUT2D eigenvalue weighted by molar-refractivity contribution is 6.76. The number of carbonyl (C=O) groups is 1. The van der Waals surface area contributed by atoms with Crippen molar-refractivity contribution in [1.29, 1.82) is 0 Å². The summed E-state index contributed by atoms with van der Waals surface area (Å²) in [4.78, 5) is 25.1. The number of aromatic nitrogens is 2. The van der Waals surface area contributed by atoms with E-state index >= 15 is 0 Å². The molecular formula is C24H37N7O2Si. The van der Waals surface area contributed by atoms with Crippen molar-refractivity contribution in [3.63, 3.8) is 0 Å². The molecule has 10 heteroatoms. The van der Waals surface area contributed by atoms with Gasteiger partial charge < -0.3 is 19.1 Å². The maximum absolute atomic E-state index is 13.2. The van der Waals surface area contributed by atoms with Crippen LogP contribution in [0.5, 0.6) is 0 Å². The van der Waals surface area contributed by atoms with Gasteiger partial charge in [-0.05, 0) is 56.2 Å². The van der Waals surface area contributed by atoms with Crippen LogP contribution in [-0.4, -0.2) is 60.8 Å². The zero-order valence-electron chi connectivity index (χ0n) is 20.9. The molecule has 2 aliphatic rings. The molecule has 34 heavy (non-hydrogen) atoms. The molecule has 184 valence electrons. The van der Waals surface area contributed by atoms with Gasteiger partial charge in [-0.2, -0.15) is 0 Å². The number of amides is 1. The Labute approximate surface area is 202 Å². The average molecular weight is 484 g/mol. The van der Waals surface area contributed by atoms with E-state index in [2.05, 4.69) is 40.6 Å². The fourth-order valence-corrected chi connectivity index (χ4v) is 5.81. The van der Waals surface area contributed by atoms with E-state index in [4.69, 9.17) is 15.3 Å². The molecule has 3 heterocycles. The summed E-state index contributed by atoms with van der Waals surface area (Å²) in [6.07, 6.45) is 7.91. The Morgan fingerprint density at radius 2 is 2.03 bits per heavy atom. The van der Waals surface area contributed by atoms with Crippen LogP contribution >= 0.6 is 0 Å². The van der Waals surface area contributed by atoms with Crippen LogP contribution in [0.2, 0.25) is 25.7 Å². The minimum atomic E-state index is -1.13. The fourth-order valence-electron chi connectivity index (χ4n) is 5.06. The third-order valence-corrected chi connectivity index (χ3v) is 8.86. The summed E-state index contributed by atoms with van der Waals surface area (Å²) < 4.78 is 8.03. The van der Waals surface area contributed by atoms with Crippen molar-refractivity contribution >= 4 is 30.7 Å². The summed E-state index contributed by atoms with van der Waals surface area (Å²) in [5.74, 6) is 0.506. The van der Waals surface area contributed by atoms with Crippen molar-refractivity contribution < 1.29 is 9.53 Å². The van der Waals surface area contributed by atoms with Gasteiger partial charge in [0, 0.05) is 56.5 Å². The third kappa shape index (κ3) is 5.24. The van der Waals surface area contributed by atoms with Crippen molar-refractivity contribution in [2.75, 3.05) is 31.3 Å². The zero-order valence-corrected chi connectivity index (χ0v) is 21.9. The highest BCUT2D eigenvalue weighted by Crippen LogP contribution is 2.39. The van der Waals surface area contributed by atoms with Crippen LogP contribution in [0.1, 0.15) is 43.0 Å². The predicted octanol–water partition coefficient (Wildman–Crippen LogP) is 5.46. The van der Waals surface area contributed by atoms with E-state index in [0.717, 1.165) is 55.1 Å². The van der Waals surface area contributed by atoms with Gasteiger partial charge in [0.2, 0.25) is 0 Å². The zero-order chi connectivity index (χ0) is 24.3. The van der Waals surface area contributed by atoms with Crippen LogP contribution < -0.4 is 4.90 Å². The minimum Gasteiger partial charge on any atom is -0.361 e. The highest BCUT2D eigenvalue weighted by atomic mass is 28.3. The number of carbonyl (C=O) groups excluding carboxylic acids is 1. The van der Waals surface area contributed by atoms with Gasteiger partial charge in [-0.15, -0.1) is 0 Å². The van der Waals surface area contributed by atoms with Crippen LogP contribution in [0.15, 0.2) is 23.6 Å².